The highest BCUT2D eigenvalue weighted by Gasteiger charge is 2.20. The van der Waals surface area contributed by atoms with Gasteiger partial charge >= 0.3 is 0 Å². The number of ether oxygens (including phenoxy) is 1. The Balaban J connectivity index is 1.90. The topological polar surface area (TPSA) is 114 Å². The summed E-state index contributed by atoms with van der Waals surface area (Å²) in [5.74, 6) is -0.547. The van der Waals surface area contributed by atoms with Gasteiger partial charge in [0.15, 0.2) is 0 Å². The van der Waals surface area contributed by atoms with Crippen molar-refractivity contribution in [2.75, 3.05) is 20.7 Å². The van der Waals surface area contributed by atoms with E-state index >= 15 is 0 Å². The van der Waals surface area contributed by atoms with Gasteiger partial charge in [-0.2, -0.15) is 0 Å². The molecule has 0 fully saturated rings. The van der Waals surface area contributed by atoms with Gasteiger partial charge in [-0.15, -0.1) is 0 Å². The zero-order chi connectivity index (χ0) is 20.6. The Bertz CT molecular complexity index is 930. The minimum atomic E-state index is -3.78. The number of carbonyl (C=O) groups is 2. The van der Waals surface area contributed by atoms with E-state index in [2.05, 4.69) is 15.4 Å². The highest BCUT2D eigenvalue weighted by Crippen LogP contribution is 2.24. The predicted octanol–water partition coefficient (Wildman–Crippen LogP) is 1.04. The van der Waals surface area contributed by atoms with Gasteiger partial charge in [-0.3, -0.25) is 9.59 Å². The first kappa shape index (κ1) is 21.4. The molecule has 0 radical (unpaired) electrons. The summed E-state index contributed by atoms with van der Waals surface area (Å²) in [7, 11) is -1.17. The highest BCUT2D eigenvalue weighted by molar-refractivity contribution is 7.89. The second-order valence-corrected chi connectivity index (χ2v) is 7.70. The van der Waals surface area contributed by atoms with Crippen LogP contribution in [0.5, 0.6) is 5.75 Å². The summed E-state index contributed by atoms with van der Waals surface area (Å²) in [5, 5.41) is 5.38. The van der Waals surface area contributed by atoms with Crippen LogP contribution in [-0.2, 0) is 21.4 Å². The van der Waals surface area contributed by atoms with Crippen LogP contribution in [0.25, 0.3) is 0 Å². The van der Waals surface area contributed by atoms with Crippen molar-refractivity contribution in [2.24, 2.45) is 0 Å². The van der Waals surface area contributed by atoms with E-state index in [9.17, 15) is 18.0 Å². The predicted molar refractivity (Wildman–Crippen MR) is 104 cm³/mol. The molecule has 0 saturated carbocycles. The average Bonchev–Trinajstić information content (AvgIpc) is 2.72. The van der Waals surface area contributed by atoms with Gasteiger partial charge in [0.1, 0.15) is 10.6 Å². The number of hydrogen-bond acceptors (Lipinski definition) is 5. The van der Waals surface area contributed by atoms with E-state index < -0.39 is 15.9 Å². The second-order valence-electron chi connectivity index (χ2n) is 5.84. The molecule has 2 aromatic rings. The van der Waals surface area contributed by atoms with Gasteiger partial charge in [0.25, 0.3) is 5.91 Å². The van der Waals surface area contributed by atoms with E-state index in [4.69, 9.17) is 4.74 Å². The summed E-state index contributed by atoms with van der Waals surface area (Å²) in [6.07, 6.45) is 0.108. The molecule has 0 unspecified atom stereocenters. The Morgan fingerprint density at radius 3 is 2.39 bits per heavy atom. The van der Waals surface area contributed by atoms with E-state index in [1.807, 2.05) is 30.3 Å². The minimum Gasteiger partial charge on any atom is -0.495 e. The van der Waals surface area contributed by atoms with Crippen LogP contribution in [0.15, 0.2) is 53.4 Å². The molecule has 0 aliphatic rings. The van der Waals surface area contributed by atoms with E-state index in [1.54, 1.807) is 0 Å². The second kappa shape index (κ2) is 9.86. The van der Waals surface area contributed by atoms with Crippen molar-refractivity contribution in [2.45, 2.75) is 17.9 Å². The molecule has 0 heterocycles. The van der Waals surface area contributed by atoms with Crippen LogP contribution < -0.4 is 20.1 Å². The molecule has 0 atom stereocenters. The smallest absolute Gasteiger partial charge is 0.251 e. The first-order valence-electron chi connectivity index (χ1n) is 8.58. The molecule has 8 nitrogen and oxygen atoms in total. The fraction of sp³-hybridized carbons (Fsp3) is 0.263. The summed E-state index contributed by atoms with van der Waals surface area (Å²) >= 11 is 0. The van der Waals surface area contributed by atoms with Crippen molar-refractivity contribution in [3.63, 3.8) is 0 Å². The van der Waals surface area contributed by atoms with Crippen LogP contribution >= 0.6 is 0 Å². The number of hydrogen-bond donors (Lipinski definition) is 3. The number of benzene rings is 2. The monoisotopic (exact) mass is 405 g/mol. The number of methoxy groups -OCH3 is 1. The van der Waals surface area contributed by atoms with E-state index in [1.165, 1.54) is 32.4 Å². The van der Waals surface area contributed by atoms with E-state index in [-0.39, 0.29) is 35.1 Å². The molecule has 2 rings (SSSR count). The molecule has 28 heavy (non-hydrogen) atoms. The molecule has 0 aliphatic heterocycles. The van der Waals surface area contributed by atoms with Crippen molar-refractivity contribution in [1.82, 2.24) is 15.4 Å². The summed E-state index contributed by atoms with van der Waals surface area (Å²) in [4.78, 5) is 24.0. The van der Waals surface area contributed by atoms with Crippen molar-refractivity contribution >= 4 is 21.8 Å². The summed E-state index contributed by atoms with van der Waals surface area (Å²) in [5.41, 5.74) is 1.13. The first-order valence-corrected chi connectivity index (χ1v) is 10.1. The minimum absolute atomic E-state index is 0.108. The number of rotatable bonds is 9. The Morgan fingerprint density at radius 1 is 1.04 bits per heavy atom. The maximum Gasteiger partial charge on any atom is 0.251 e. The lowest BCUT2D eigenvalue weighted by Gasteiger charge is -2.11. The third-order valence-electron chi connectivity index (χ3n) is 3.95. The lowest BCUT2D eigenvalue weighted by atomic mass is 10.2. The standard InChI is InChI=1S/C19H23N3O5S/c1-20-28(25,26)17-12-15(8-9-16(17)27-2)19(24)21-11-10-18(23)22-13-14-6-4-3-5-7-14/h3-9,12,20H,10-11,13H2,1-2H3,(H,21,24)(H,22,23). The Hall–Kier alpha value is -2.91. The third kappa shape index (κ3) is 5.80. The van der Waals surface area contributed by atoms with Crippen molar-refractivity contribution in [3.8, 4) is 5.75 Å². The highest BCUT2D eigenvalue weighted by atomic mass is 32.2. The van der Waals surface area contributed by atoms with Crippen molar-refractivity contribution in [3.05, 3.63) is 59.7 Å². The molecule has 2 aromatic carbocycles. The van der Waals surface area contributed by atoms with Crippen molar-refractivity contribution in [1.29, 1.82) is 0 Å². The molecule has 0 aromatic heterocycles. The number of sulfonamides is 1. The molecule has 3 N–H and O–H groups in total. The molecular weight excluding hydrogens is 382 g/mol. The van der Waals surface area contributed by atoms with Gasteiger partial charge in [-0.25, -0.2) is 13.1 Å². The fourth-order valence-electron chi connectivity index (χ4n) is 2.41. The molecule has 0 bridgehead atoms. The maximum absolute atomic E-state index is 12.3. The van der Waals surface area contributed by atoms with Crippen LogP contribution in [-0.4, -0.2) is 40.9 Å². The van der Waals surface area contributed by atoms with Gasteiger partial charge in [0.2, 0.25) is 15.9 Å². The van der Waals surface area contributed by atoms with Gasteiger partial charge in [-0.1, -0.05) is 30.3 Å². The van der Waals surface area contributed by atoms with Gasteiger partial charge < -0.3 is 15.4 Å². The zero-order valence-corrected chi connectivity index (χ0v) is 16.5. The van der Waals surface area contributed by atoms with Crippen LogP contribution in [0.1, 0.15) is 22.3 Å². The van der Waals surface area contributed by atoms with E-state index in [0.717, 1.165) is 5.56 Å². The quantitative estimate of drug-likeness (QED) is 0.577. The Morgan fingerprint density at radius 2 is 1.75 bits per heavy atom. The molecule has 0 spiro atoms. The number of nitrogens with one attached hydrogen (secondary N) is 3. The lowest BCUT2D eigenvalue weighted by molar-refractivity contribution is -0.121. The van der Waals surface area contributed by atoms with Crippen LogP contribution in [0, 0.1) is 0 Å². The summed E-state index contributed by atoms with van der Waals surface area (Å²) < 4.78 is 31.4. The maximum atomic E-state index is 12.3. The Kier molecular flexibility index (Phi) is 7.53. The molecule has 2 amide bonds. The number of amides is 2. The van der Waals surface area contributed by atoms with Gasteiger partial charge in [-0.05, 0) is 30.8 Å². The van der Waals surface area contributed by atoms with E-state index in [0.29, 0.717) is 6.54 Å². The summed E-state index contributed by atoms with van der Waals surface area (Å²) in [6, 6.07) is 13.6. The van der Waals surface area contributed by atoms with Crippen LogP contribution in [0.3, 0.4) is 0 Å². The molecule has 0 aliphatic carbocycles. The van der Waals surface area contributed by atoms with Crippen LogP contribution in [0.2, 0.25) is 0 Å². The average molecular weight is 405 g/mol. The lowest BCUT2D eigenvalue weighted by Crippen LogP contribution is -2.30. The SMILES string of the molecule is CNS(=O)(=O)c1cc(C(=O)NCCC(=O)NCc2ccccc2)ccc1OC. The third-order valence-corrected chi connectivity index (χ3v) is 5.39. The van der Waals surface area contributed by atoms with Crippen molar-refractivity contribution < 1.29 is 22.7 Å². The zero-order valence-electron chi connectivity index (χ0n) is 15.7. The van der Waals surface area contributed by atoms with Gasteiger partial charge in [0, 0.05) is 25.1 Å². The molecule has 150 valence electrons. The first-order chi connectivity index (χ1) is 13.4. The number of carbonyl (C=O) groups excluding carboxylic acids is 2. The summed E-state index contributed by atoms with van der Waals surface area (Å²) in [6.45, 7) is 0.539. The fourth-order valence-corrected chi connectivity index (χ4v) is 3.33. The molecule has 9 heteroatoms. The molecular formula is C19H23N3O5S. The molecule has 0 saturated heterocycles. The van der Waals surface area contributed by atoms with Gasteiger partial charge in [0.05, 0.1) is 7.11 Å². The normalized spacial score (nSPS) is 10.9. The Labute approximate surface area is 164 Å². The van der Waals surface area contributed by atoms with Crippen LogP contribution in [0.4, 0.5) is 0 Å². The largest absolute Gasteiger partial charge is 0.495 e.